The average Bonchev–Trinajstić information content (AvgIpc) is 2.42. The number of nitrogens with zero attached hydrogens (tertiary/aromatic N) is 1. The van der Waals surface area contributed by atoms with Crippen LogP contribution < -0.4 is 0 Å². The van der Waals surface area contributed by atoms with Crippen molar-refractivity contribution in [3.8, 4) is 0 Å². The quantitative estimate of drug-likeness (QED) is 0.828. The van der Waals surface area contributed by atoms with Crippen LogP contribution in [-0.4, -0.2) is 39.5 Å². The number of halogens is 1. The predicted octanol–water partition coefficient (Wildman–Crippen LogP) is 2.80. The van der Waals surface area contributed by atoms with Crippen molar-refractivity contribution in [2.24, 2.45) is 5.92 Å². The van der Waals surface area contributed by atoms with Gasteiger partial charge in [0.1, 0.15) is 0 Å². The highest BCUT2D eigenvalue weighted by Crippen LogP contribution is 2.24. The van der Waals surface area contributed by atoms with Crippen LogP contribution in [0.3, 0.4) is 0 Å². The first-order valence-corrected chi connectivity index (χ1v) is 8.95. The van der Waals surface area contributed by atoms with Crippen molar-refractivity contribution in [3.63, 3.8) is 0 Å². The topological polar surface area (TPSA) is 46.6 Å². The molecule has 112 valence electrons. The van der Waals surface area contributed by atoms with Gasteiger partial charge >= 0.3 is 0 Å². The third-order valence-electron chi connectivity index (χ3n) is 3.69. The average molecular weight is 362 g/mol. The zero-order valence-electron chi connectivity index (χ0n) is 11.8. The van der Waals surface area contributed by atoms with Crippen LogP contribution in [0.4, 0.5) is 0 Å². The fourth-order valence-electron chi connectivity index (χ4n) is 2.35. The monoisotopic (exact) mass is 361 g/mol. The van der Waals surface area contributed by atoms with Gasteiger partial charge < -0.3 is 4.74 Å². The molecule has 6 heteroatoms. The Balaban J connectivity index is 2.13. The largest absolute Gasteiger partial charge is 0.381 e. The summed E-state index contributed by atoms with van der Waals surface area (Å²) in [5.74, 6) is 0.389. The van der Waals surface area contributed by atoms with Crippen molar-refractivity contribution in [2.45, 2.75) is 24.7 Å². The Kier molecular flexibility index (Phi) is 5.23. The number of sulfonamides is 1. The Labute approximate surface area is 129 Å². The minimum absolute atomic E-state index is 0.354. The van der Waals surface area contributed by atoms with E-state index in [1.165, 1.54) is 4.31 Å². The summed E-state index contributed by atoms with van der Waals surface area (Å²) in [6, 6.07) is 5.14. The van der Waals surface area contributed by atoms with Crippen molar-refractivity contribution >= 4 is 26.0 Å². The van der Waals surface area contributed by atoms with Gasteiger partial charge in [-0.1, -0.05) is 15.9 Å². The molecule has 4 nitrogen and oxygen atoms in total. The number of benzene rings is 1. The van der Waals surface area contributed by atoms with Gasteiger partial charge in [0.2, 0.25) is 10.0 Å². The molecule has 0 atom stereocenters. The summed E-state index contributed by atoms with van der Waals surface area (Å²) in [4.78, 5) is 0.354. The standard InChI is InChI=1S/C14H20BrNO3S/c1-11-9-13(3-4-14(11)15)20(17,18)16(2)10-12-5-7-19-8-6-12/h3-4,9,12H,5-8,10H2,1-2H3. The smallest absolute Gasteiger partial charge is 0.242 e. The molecule has 20 heavy (non-hydrogen) atoms. The summed E-state index contributed by atoms with van der Waals surface area (Å²) in [5, 5.41) is 0. The maximum atomic E-state index is 12.5. The van der Waals surface area contributed by atoms with Gasteiger partial charge in [-0.2, -0.15) is 0 Å². The number of hydrogen-bond donors (Lipinski definition) is 0. The van der Waals surface area contributed by atoms with Gasteiger partial charge in [-0.3, -0.25) is 0 Å². The summed E-state index contributed by atoms with van der Waals surface area (Å²) < 4.78 is 32.8. The molecule has 1 heterocycles. The van der Waals surface area contributed by atoms with E-state index >= 15 is 0 Å². The molecule has 1 aromatic carbocycles. The molecular weight excluding hydrogens is 342 g/mol. The second kappa shape index (κ2) is 6.56. The highest BCUT2D eigenvalue weighted by atomic mass is 79.9. The molecule has 0 N–H and O–H groups in total. The van der Waals surface area contributed by atoms with E-state index in [1.807, 2.05) is 6.92 Å². The number of hydrogen-bond acceptors (Lipinski definition) is 3. The Morgan fingerprint density at radius 1 is 1.35 bits per heavy atom. The Hall–Kier alpha value is -0.430. The van der Waals surface area contributed by atoms with Crippen molar-refractivity contribution in [2.75, 3.05) is 26.8 Å². The van der Waals surface area contributed by atoms with Crippen LogP contribution in [0.1, 0.15) is 18.4 Å². The maximum Gasteiger partial charge on any atom is 0.242 e. The van der Waals surface area contributed by atoms with E-state index in [9.17, 15) is 8.42 Å². The van der Waals surface area contributed by atoms with Crippen LogP contribution in [-0.2, 0) is 14.8 Å². The Morgan fingerprint density at radius 3 is 2.60 bits per heavy atom. The molecule has 1 saturated heterocycles. The second-order valence-electron chi connectivity index (χ2n) is 5.25. The molecule has 0 amide bonds. The minimum atomic E-state index is -3.41. The summed E-state index contributed by atoms with van der Waals surface area (Å²) >= 11 is 3.39. The van der Waals surface area contributed by atoms with Crippen molar-refractivity contribution < 1.29 is 13.2 Å². The molecule has 1 aromatic rings. The molecule has 1 aliphatic heterocycles. The Bertz CT molecular complexity index is 568. The van der Waals surface area contributed by atoms with E-state index in [1.54, 1.807) is 25.2 Å². The molecular formula is C14H20BrNO3S. The SMILES string of the molecule is Cc1cc(S(=O)(=O)N(C)CC2CCOCC2)ccc1Br. The zero-order valence-corrected chi connectivity index (χ0v) is 14.2. The number of rotatable bonds is 4. The lowest BCUT2D eigenvalue weighted by Crippen LogP contribution is -2.34. The van der Waals surface area contributed by atoms with Crippen molar-refractivity contribution in [1.29, 1.82) is 0 Å². The van der Waals surface area contributed by atoms with Crippen LogP contribution in [0.15, 0.2) is 27.6 Å². The van der Waals surface area contributed by atoms with E-state index < -0.39 is 10.0 Å². The highest BCUT2D eigenvalue weighted by Gasteiger charge is 2.25. The fourth-order valence-corrected chi connectivity index (χ4v) is 3.93. The van der Waals surface area contributed by atoms with E-state index in [0.29, 0.717) is 17.4 Å². The number of ether oxygens (including phenoxy) is 1. The van der Waals surface area contributed by atoms with E-state index in [4.69, 9.17) is 4.74 Å². The molecule has 1 aliphatic rings. The summed E-state index contributed by atoms with van der Waals surface area (Å²) in [7, 11) is -1.75. The third kappa shape index (κ3) is 3.61. The summed E-state index contributed by atoms with van der Waals surface area (Å²) in [6.07, 6.45) is 1.86. The van der Waals surface area contributed by atoms with Crippen LogP contribution in [0, 0.1) is 12.8 Å². The zero-order chi connectivity index (χ0) is 14.8. The lowest BCUT2D eigenvalue weighted by molar-refractivity contribution is 0.0620. The van der Waals surface area contributed by atoms with E-state index in [2.05, 4.69) is 15.9 Å². The molecule has 0 spiro atoms. The first-order chi connectivity index (χ1) is 9.41. The molecule has 0 bridgehead atoms. The fraction of sp³-hybridized carbons (Fsp3) is 0.571. The van der Waals surface area contributed by atoms with Gasteiger partial charge in [0.25, 0.3) is 0 Å². The molecule has 0 unspecified atom stereocenters. The van der Waals surface area contributed by atoms with Crippen LogP contribution in [0.2, 0.25) is 0 Å². The highest BCUT2D eigenvalue weighted by molar-refractivity contribution is 9.10. The predicted molar refractivity (Wildman–Crippen MR) is 82.2 cm³/mol. The number of aryl methyl sites for hydroxylation is 1. The molecule has 1 fully saturated rings. The first kappa shape index (κ1) is 15.9. The van der Waals surface area contributed by atoms with Crippen LogP contribution in [0.5, 0.6) is 0 Å². The van der Waals surface area contributed by atoms with Crippen molar-refractivity contribution in [3.05, 3.63) is 28.2 Å². The van der Waals surface area contributed by atoms with Gasteiger partial charge in [-0.15, -0.1) is 0 Å². The maximum absolute atomic E-state index is 12.5. The second-order valence-corrected chi connectivity index (χ2v) is 8.15. The lowest BCUT2D eigenvalue weighted by atomic mass is 10.0. The molecule has 0 aliphatic carbocycles. The van der Waals surface area contributed by atoms with E-state index in [0.717, 1.165) is 36.1 Å². The summed E-state index contributed by atoms with van der Waals surface area (Å²) in [5.41, 5.74) is 0.922. The minimum Gasteiger partial charge on any atom is -0.381 e. The van der Waals surface area contributed by atoms with Crippen LogP contribution >= 0.6 is 15.9 Å². The Morgan fingerprint density at radius 2 is 2.00 bits per heavy atom. The van der Waals surface area contributed by atoms with Crippen LogP contribution in [0.25, 0.3) is 0 Å². The van der Waals surface area contributed by atoms with Gasteiger partial charge in [0.15, 0.2) is 0 Å². The van der Waals surface area contributed by atoms with E-state index in [-0.39, 0.29) is 0 Å². The van der Waals surface area contributed by atoms with Gasteiger partial charge in [-0.25, -0.2) is 12.7 Å². The van der Waals surface area contributed by atoms with Crippen molar-refractivity contribution in [1.82, 2.24) is 4.31 Å². The molecule has 0 aromatic heterocycles. The van der Waals surface area contributed by atoms with Gasteiger partial charge in [0, 0.05) is 31.3 Å². The van der Waals surface area contributed by atoms with Gasteiger partial charge in [-0.05, 0) is 49.4 Å². The summed E-state index contributed by atoms with van der Waals surface area (Å²) in [6.45, 7) is 3.91. The normalized spacial score (nSPS) is 17.6. The first-order valence-electron chi connectivity index (χ1n) is 6.71. The lowest BCUT2D eigenvalue weighted by Gasteiger charge is -2.26. The molecule has 2 rings (SSSR count). The molecule has 0 saturated carbocycles. The third-order valence-corrected chi connectivity index (χ3v) is 6.40. The molecule has 0 radical (unpaired) electrons. The van der Waals surface area contributed by atoms with Gasteiger partial charge in [0.05, 0.1) is 4.90 Å².